The van der Waals surface area contributed by atoms with Gasteiger partial charge in [-0.3, -0.25) is 4.79 Å². The van der Waals surface area contributed by atoms with E-state index in [0.29, 0.717) is 16.5 Å². The van der Waals surface area contributed by atoms with Gasteiger partial charge in [-0.15, -0.1) is 0 Å². The lowest BCUT2D eigenvalue weighted by molar-refractivity contribution is -0.116. The molecule has 1 amide bonds. The van der Waals surface area contributed by atoms with Crippen molar-refractivity contribution in [2.45, 2.75) is 11.4 Å². The van der Waals surface area contributed by atoms with Crippen LogP contribution in [0.5, 0.6) is 5.75 Å². The number of rotatable bonds is 8. The summed E-state index contributed by atoms with van der Waals surface area (Å²) >= 11 is 12.2. The van der Waals surface area contributed by atoms with Crippen molar-refractivity contribution in [1.82, 2.24) is 4.31 Å². The maximum atomic E-state index is 13.4. The second-order valence-corrected chi connectivity index (χ2v) is 9.34. The van der Waals surface area contributed by atoms with Crippen LogP contribution < -0.4 is 10.1 Å². The van der Waals surface area contributed by atoms with Crippen molar-refractivity contribution in [1.29, 1.82) is 0 Å². The first-order valence-corrected chi connectivity index (χ1v) is 11.4. The first-order chi connectivity index (χ1) is 14.8. The minimum absolute atomic E-state index is 0.00274. The van der Waals surface area contributed by atoms with Crippen LogP contribution in [0.4, 0.5) is 5.69 Å². The quantitative estimate of drug-likeness (QED) is 0.502. The molecule has 3 aromatic carbocycles. The zero-order valence-corrected chi connectivity index (χ0v) is 18.9. The van der Waals surface area contributed by atoms with Crippen LogP contribution in [0.1, 0.15) is 5.56 Å². The van der Waals surface area contributed by atoms with Gasteiger partial charge in [-0.2, -0.15) is 4.31 Å². The Bertz CT molecular complexity index is 1170. The summed E-state index contributed by atoms with van der Waals surface area (Å²) in [5.41, 5.74) is 1.13. The first kappa shape index (κ1) is 23.1. The molecule has 0 fully saturated rings. The molecule has 162 valence electrons. The summed E-state index contributed by atoms with van der Waals surface area (Å²) in [4.78, 5) is 12.6. The minimum Gasteiger partial charge on any atom is -0.495 e. The van der Waals surface area contributed by atoms with Crippen LogP contribution in [0, 0.1) is 0 Å². The molecule has 9 heteroatoms. The van der Waals surface area contributed by atoms with Gasteiger partial charge in [-0.1, -0.05) is 65.7 Å². The number of methoxy groups -OCH3 is 1. The van der Waals surface area contributed by atoms with Crippen LogP contribution in [0.2, 0.25) is 10.0 Å². The van der Waals surface area contributed by atoms with Crippen molar-refractivity contribution in [3.05, 3.63) is 88.4 Å². The average Bonchev–Trinajstić information content (AvgIpc) is 2.75. The lowest BCUT2D eigenvalue weighted by Crippen LogP contribution is -2.37. The lowest BCUT2D eigenvalue weighted by atomic mass is 10.2. The lowest BCUT2D eigenvalue weighted by Gasteiger charge is -2.22. The molecular formula is C22H20Cl2N2O4S. The van der Waals surface area contributed by atoms with Gasteiger partial charge in [-0.05, 0) is 35.9 Å². The summed E-state index contributed by atoms with van der Waals surface area (Å²) < 4.78 is 32.9. The van der Waals surface area contributed by atoms with Crippen molar-refractivity contribution in [3.8, 4) is 5.75 Å². The predicted octanol–water partition coefficient (Wildman–Crippen LogP) is 4.83. The van der Waals surface area contributed by atoms with Crippen molar-refractivity contribution < 1.29 is 17.9 Å². The van der Waals surface area contributed by atoms with E-state index in [0.717, 1.165) is 9.87 Å². The van der Waals surface area contributed by atoms with Gasteiger partial charge in [0.05, 0.1) is 34.3 Å². The number of hydrogen-bond donors (Lipinski definition) is 1. The standard InChI is InChI=1S/C22H20Cl2N2O4S/c1-30-21-12-11-17(13-19(21)24)31(28,29)26(14-16-7-3-2-4-8-16)15-22(27)25-20-10-6-5-9-18(20)23/h2-13H,14-15H2,1H3,(H,25,27). The number of carbonyl (C=O) groups is 1. The number of halogens is 2. The zero-order valence-electron chi connectivity index (χ0n) is 16.6. The van der Waals surface area contributed by atoms with E-state index in [2.05, 4.69) is 5.32 Å². The molecule has 0 atom stereocenters. The molecule has 0 aliphatic rings. The number of carbonyl (C=O) groups excluding carboxylic acids is 1. The van der Waals surface area contributed by atoms with E-state index in [-0.39, 0.29) is 16.5 Å². The predicted molar refractivity (Wildman–Crippen MR) is 122 cm³/mol. The normalized spacial score (nSPS) is 11.4. The Morgan fingerprint density at radius 2 is 1.65 bits per heavy atom. The van der Waals surface area contributed by atoms with Gasteiger partial charge in [0.25, 0.3) is 0 Å². The molecule has 3 aromatic rings. The summed E-state index contributed by atoms with van der Waals surface area (Å²) in [5, 5.41) is 3.17. The molecule has 6 nitrogen and oxygen atoms in total. The molecule has 0 radical (unpaired) electrons. The maximum Gasteiger partial charge on any atom is 0.243 e. The SMILES string of the molecule is COc1ccc(S(=O)(=O)N(CC(=O)Nc2ccccc2Cl)Cc2ccccc2)cc1Cl. The Hall–Kier alpha value is -2.58. The van der Waals surface area contributed by atoms with Crippen LogP contribution in [-0.4, -0.2) is 32.3 Å². The molecule has 0 aromatic heterocycles. The molecule has 0 saturated carbocycles. The molecular weight excluding hydrogens is 459 g/mol. The number of benzene rings is 3. The van der Waals surface area contributed by atoms with Crippen molar-refractivity contribution in [2.24, 2.45) is 0 Å². The molecule has 0 saturated heterocycles. The Kier molecular flexibility index (Phi) is 7.56. The van der Waals surface area contributed by atoms with Gasteiger partial charge in [0.1, 0.15) is 5.75 Å². The van der Waals surface area contributed by atoms with Crippen molar-refractivity contribution >= 4 is 44.8 Å². The maximum absolute atomic E-state index is 13.4. The number of ether oxygens (including phenoxy) is 1. The summed E-state index contributed by atoms with van der Waals surface area (Å²) in [5.74, 6) is -0.168. The summed E-state index contributed by atoms with van der Waals surface area (Å²) in [7, 11) is -2.60. The minimum atomic E-state index is -4.04. The fourth-order valence-corrected chi connectivity index (χ4v) is 4.80. The average molecular weight is 479 g/mol. The number of hydrogen-bond acceptors (Lipinski definition) is 4. The number of sulfonamides is 1. The fourth-order valence-electron chi connectivity index (χ4n) is 2.88. The van der Waals surface area contributed by atoms with E-state index >= 15 is 0 Å². The fraction of sp³-hybridized carbons (Fsp3) is 0.136. The highest BCUT2D eigenvalue weighted by molar-refractivity contribution is 7.89. The van der Waals surface area contributed by atoms with E-state index in [1.165, 1.54) is 25.3 Å². The topological polar surface area (TPSA) is 75.7 Å². The highest BCUT2D eigenvalue weighted by Crippen LogP contribution is 2.29. The van der Waals surface area contributed by atoms with Gasteiger partial charge in [0, 0.05) is 6.54 Å². The summed E-state index contributed by atoms with van der Waals surface area (Å²) in [6.45, 7) is -0.408. The third-order valence-corrected chi connectivity index (χ3v) is 6.84. The van der Waals surface area contributed by atoms with Crippen molar-refractivity contribution in [3.63, 3.8) is 0 Å². The number of anilines is 1. The Labute approximate surface area is 191 Å². The molecule has 31 heavy (non-hydrogen) atoms. The molecule has 0 unspecified atom stereocenters. The largest absolute Gasteiger partial charge is 0.495 e. The summed E-state index contributed by atoms with van der Waals surface area (Å²) in [6, 6.07) is 19.9. The summed E-state index contributed by atoms with van der Waals surface area (Å²) in [6.07, 6.45) is 0. The molecule has 0 aliphatic heterocycles. The third kappa shape index (κ3) is 5.77. The Morgan fingerprint density at radius 1 is 0.968 bits per heavy atom. The second-order valence-electron chi connectivity index (χ2n) is 6.58. The first-order valence-electron chi connectivity index (χ1n) is 9.23. The Balaban J connectivity index is 1.91. The molecule has 3 rings (SSSR count). The van der Waals surface area contributed by atoms with Crippen LogP contribution >= 0.6 is 23.2 Å². The zero-order chi connectivity index (χ0) is 22.4. The molecule has 0 heterocycles. The van der Waals surface area contributed by atoms with Crippen molar-refractivity contribution in [2.75, 3.05) is 19.0 Å². The second kappa shape index (κ2) is 10.2. The monoisotopic (exact) mass is 478 g/mol. The number of amides is 1. The van der Waals surface area contributed by atoms with E-state index in [9.17, 15) is 13.2 Å². The third-order valence-electron chi connectivity index (χ3n) is 4.43. The van der Waals surface area contributed by atoms with E-state index < -0.39 is 22.5 Å². The Morgan fingerprint density at radius 3 is 2.29 bits per heavy atom. The van der Waals surface area contributed by atoms with Crippen LogP contribution in [0.25, 0.3) is 0 Å². The highest BCUT2D eigenvalue weighted by Gasteiger charge is 2.28. The van der Waals surface area contributed by atoms with E-state index in [4.69, 9.17) is 27.9 Å². The van der Waals surface area contributed by atoms with E-state index in [1.807, 2.05) is 6.07 Å². The highest BCUT2D eigenvalue weighted by atomic mass is 35.5. The van der Waals surface area contributed by atoms with Gasteiger partial charge < -0.3 is 10.1 Å². The smallest absolute Gasteiger partial charge is 0.243 e. The molecule has 0 spiro atoms. The molecule has 0 aliphatic carbocycles. The number of para-hydroxylation sites is 1. The number of nitrogens with zero attached hydrogens (tertiary/aromatic N) is 1. The van der Waals surface area contributed by atoms with Gasteiger partial charge in [0.15, 0.2) is 0 Å². The van der Waals surface area contributed by atoms with Crippen LogP contribution in [0.3, 0.4) is 0 Å². The van der Waals surface area contributed by atoms with Gasteiger partial charge >= 0.3 is 0 Å². The number of nitrogens with one attached hydrogen (secondary N) is 1. The molecule has 0 bridgehead atoms. The van der Waals surface area contributed by atoms with Gasteiger partial charge in [0.2, 0.25) is 15.9 Å². The molecule has 1 N–H and O–H groups in total. The van der Waals surface area contributed by atoms with Gasteiger partial charge in [-0.25, -0.2) is 8.42 Å². The van der Waals surface area contributed by atoms with Crippen LogP contribution in [-0.2, 0) is 21.4 Å². The van der Waals surface area contributed by atoms with Crippen LogP contribution in [0.15, 0.2) is 77.7 Å². The van der Waals surface area contributed by atoms with E-state index in [1.54, 1.807) is 48.5 Å².